The second kappa shape index (κ2) is 4.51. The van der Waals surface area contributed by atoms with E-state index in [2.05, 4.69) is 4.98 Å². The van der Waals surface area contributed by atoms with Crippen LogP contribution in [-0.2, 0) is 9.84 Å². The minimum absolute atomic E-state index is 0.257. The summed E-state index contributed by atoms with van der Waals surface area (Å²) in [4.78, 5) is 3.85. The number of sulfone groups is 1. The van der Waals surface area contributed by atoms with Gasteiger partial charge in [0.05, 0.1) is 22.4 Å². The molecule has 0 atom stereocenters. The first-order chi connectivity index (χ1) is 8.28. The normalized spacial score (nSPS) is 13.1. The maximum Gasteiger partial charge on any atom is 0.390 e. The van der Waals surface area contributed by atoms with Crippen molar-refractivity contribution in [2.75, 3.05) is 5.75 Å². The van der Waals surface area contributed by atoms with Crippen LogP contribution in [0.1, 0.15) is 6.42 Å². The van der Waals surface area contributed by atoms with E-state index in [1.165, 1.54) is 0 Å². The molecule has 8 heteroatoms. The molecule has 98 valence electrons. The number of rotatable bonds is 3. The summed E-state index contributed by atoms with van der Waals surface area (Å²) in [6.07, 6.45) is -5.84. The highest BCUT2D eigenvalue weighted by atomic mass is 32.2. The van der Waals surface area contributed by atoms with Crippen LogP contribution in [0.15, 0.2) is 28.6 Å². The van der Waals surface area contributed by atoms with Crippen molar-refractivity contribution in [1.82, 2.24) is 4.98 Å². The third kappa shape index (κ3) is 2.99. The number of halogens is 3. The van der Waals surface area contributed by atoms with Gasteiger partial charge in [-0.05, 0) is 12.1 Å². The van der Waals surface area contributed by atoms with Gasteiger partial charge in [-0.25, -0.2) is 13.4 Å². The zero-order chi connectivity index (χ0) is 13.4. The van der Waals surface area contributed by atoms with Crippen LogP contribution in [0.4, 0.5) is 13.2 Å². The number of para-hydroxylation sites is 1. The maximum absolute atomic E-state index is 12.0. The van der Waals surface area contributed by atoms with E-state index >= 15 is 0 Å². The third-order valence-electron chi connectivity index (χ3n) is 2.19. The molecule has 18 heavy (non-hydrogen) atoms. The molecule has 0 bridgehead atoms. The van der Waals surface area contributed by atoms with Gasteiger partial charge in [-0.3, -0.25) is 0 Å². The molecule has 1 heterocycles. The molecule has 0 amide bonds. The van der Waals surface area contributed by atoms with Crippen LogP contribution in [0, 0.1) is 0 Å². The van der Waals surface area contributed by atoms with Crippen LogP contribution in [-0.4, -0.2) is 25.3 Å². The maximum atomic E-state index is 12.0. The molecule has 1 aromatic carbocycles. The molecule has 2 aromatic rings. The van der Waals surface area contributed by atoms with Crippen molar-refractivity contribution in [3.05, 3.63) is 24.3 Å². The fourth-order valence-electron chi connectivity index (χ4n) is 1.32. The summed E-state index contributed by atoms with van der Waals surface area (Å²) in [5, 5.41) is 0. The van der Waals surface area contributed by atoms with Crippen LogP contribution >= 0.6 is 11.3 Å². The van der Waals surface area contributed by atoms with Crippen LogP contribution < -0.4 is 0 Å². The topological polar surface area (TPSA) is 47.0 Å². The van der Waals surface area contributed by atoms with Gasteiger partial charge in [-0.1, -0.05) is 12.1 Å². The van der Waals surface area contributed by atoms with Crippen LogP contribution in [0.25, 0.3) is 10.2 Å². The average molecular weight is 295 g/mol. The molecule has 0 unspecified atom stereocenters. The molecule has 0 radical (unpaired) electrons. The second-order valence-electron chi connectivity index (χ2n) is 3.63. The lowest BCUT2D eigenvalue weighted by molar-refractivity contribution is -0.129. The van der Waals surface area contributed by atoms with Gasteiger partial charge in [0, 0.05) is 0 Å². The van der Waals surface area contributed by atoms with Gasteiger partial charge < -0.3 is 0 Å². The third-order valence-corrected chi connectivity index (χ3v) is 5.40. The monoisotopic (exact) mass is 295 g/mol. The summed E-state index contributed by atoms with van der Waals surface area (Å²) in [6.45, 7) is 0. The number of hydrogen-bond acceptors (Lipinski definition) is 4. The Bertz CT molecular complexity index is 628. The number of nitrogens with zero attached hydrogens (tertiary/aromatic N) is 1. The van der Waals surface area contributed by atoms with Gasteiger partial charge >= 0.3 is 6.18 Å². The van der Waals surface area contributed by atoms with Crippen molar-refractivity contribution in [2.45, 2.75) is 16.9 Å². The van der Waals surface area contributed by atoms with Crippen molar-refractivity contribution in [3.63, 3.8) is 0 Å². The second-order valence-corrected chi connectivity index (χ2v) is 6.95. The van der Waals surface area contributed by atoms with Crippen molar-refractivity contribution in [3.8, 4) is 0 Å². The van der Waals surface area contributed by atoms with Crippen LogP contribution in [0.3, 0.4) is 0 Å². The Hall–Kier alpha value is -1.15. The highest BCUT2D eigenvalue weighted by Crippen LogP contribution is 2.28. The zero-order valence-electron chi connectivity index (χ0n) is 8.94. The Morgan fingerprint density at radius 1 is 1.22 bits per heavy atom. The number of benzene rings is 1. The Balaban J connectivity index is 2.29. The predicted molar refractivity (Wildman–Crippen MR) is 62.3 cm³/mol. The summed E-state index contributed by atoms with van der Waals surface area (Å²) in [6, 6.07) is 6.70. The van der Waals surface area contributed by atoms with E-state index < -0.39 is 28.2 Å². The van der Waals surface area contributed by atoms with Crippen molar-refractivity contribution in [2.24, 2.45) is 0 Å². The zero-order valence-corrected chi connectivity index (χ0v) is 10.6. The number of aromatic nitrogens is 1. The lowest BCUT2D eigenvalue weighted by Gasteiger charge is -2.04. The van der Waals surface area contributed by atoms with Gasteiger partial charge in [-0.2, -0.15) is 13.2 Å². The Morgan fingerprint density at radius 3 is 2.50 bits per heavy atom. The Morgan fingerprint density at radius 2 is 1.89 bits per heavy atom. The minimum atomic E-state index is -4.48. The standard InChI is InChI=1S/C10H8F3NO2S2/c11-10(12,13)5-6-18(15,16)9-14-7-3-1-2-4-8(7)17-9/h1-4H,5-6H2. The molecule has 3 nitrogen and oxygen atoms in total. The Labute approximate surface area is 105 Å². The highest BCUT2D eigenvalue weighted by Gasteiger charge is 2.31. The van der Waals surface area contributed by atoms with Gasteiger partial charge in [-0.15, -0.1) is 11.3 Å². The van der Waals surface area contributed by atoms with E-state index in [0.29, 0.717) is 10.2 Å². The van der Waals surface area contributed by atoms with Gasteiger partial charge in [0.25, 0.3) is 0 Å². The summed E-state index contributed by atoms with van der Waals surface area (Å²) in [5.74, 6) is -0.962. The molecule has 2 rings (SSSR count). The minimum Gasteiger partial charge on any atom is -0.225 e. The van der Waals surface area contributed by atoms with E-state index in [0.717, 1.165) is 11.3 Å². The molecule has 0 N–H and O–H groups in total. The van der Waals surface area contributed by atoms with E-state index in [9.17, 15) is 21.6 Å². The number of fused-ring (bicyclic) bond motifs is 1. The van der Waals surface area contributed by atoms with Crippen molar-refractivity contribution < 1.29 is 21.6 Å². The number of thiazole rings is 1. The van der Waals surface area contributed by atoms with Crippen LogP contribution in [0.5, 0.6) is 0 Å². The fraction of sp³-hybridized carbons (Fsp3) is 0.300. The lowest BCUT2D eigenvalue weighted by atomic mass is 10.3. The first-order valence-electron chi connectivity index (χ1n) is 4.93. The van der Waals surface area contributed by atoms with E-state index in [-0.39, 0.29) is 4.34 Å². The molecular weight excluding hydrogens is 287 g/mol. The summed E-state index contributed by atoms with van der Waals surface area (Å²) >= 11 is 0.888. The first kappa shape index (κ1) is 13.3. The fourth-order valence-corrected chi connectivity index (χ4v) is 3.96. The van der Waals surface area contributed by atoms with Crippen molar-refractivity contribution in [1.29, 1.82) is 0 Å². The average Bonchev–Trinajstić information content (AvgIpc) is 2.70. The molecule has 0 saturated heterocycles. The van der Waals surface area contributed by atoms with E-state index in [1.54, 1.807) is 24.3 Å². The van der Waals surface area contributed by atoms with Crippen molar-refractivity contribution >= 4 is 31.4 Å². The van der Waals surface area contributed by atoms with E-state index in [4.69, 9.17) is 0 Å². The molecule has 0 saturated carbocycles. The van der Waals surface area contributed by atoms with E-state index in [1.807, 2.05) is 0 Å². The van der Waals surface area contributed by atoms with Crippen LogP contribution in [0.2, 0.25) is 0 Å². The summed E-state index contributed by atoms with van der Waals surface area (Å²) in [5.41, 5.74) is 0.480. The smallest absolute Gasteiger partial charge is 0.225 e. The highest BCUT2D eigenvalue weighted by molar-refractivity contribution is 7.93. The van der Waals surface area contributed by atoms with Gasteiger partial charge in [0.1, 0.15) is 0 Å². The van der Waals surface area contributed by atoms with Gasteiger partial charge in [0.2, 0.25) is 14.2 Å². The molecule has 0 fully saturated rings. The number of alkyl halides is 3. The summed E-state index contributed by atoms with van der Waals surface area (Å²) in [7, 11) is -3.97. The quantitative estimate of drug-likeness (QED) is 0.874. The summed E-state index contributed by atoms with van der Waals surface area (Å²) < 4.78 is 59.9. The first-order valence-corrected chi connectivity index (χ1v) is 7.40. The lowest BCUT2D eigenvalue weighted by Crippen LogP contribution is -2.16. The largest absolute Gasteiger partial charge is 0.390 e. The molecule has 0 aliphatic rings. The van der Waals surface area contributed by atoms with Gasteiger partial charge in [0.15, 0.2) is 0 Å². The molecule has 0 spiro atoms. The molecular formula is C10H8F3NO2S2. The number of hydrogen-bond donors (Lipinski definition) is 0. The molecule has 0 aliphatic heterocycles. The molecule has 1 aromatic heterocycles. The SMILES string of the molecule is O=S(=O)(CCC(F)(F)F)c1nc2ccccc2s1. The predicted octanol–water partition coefficient (Wildman–Crippen LogP) is 3.02. The molecule has 0 aliphatic carbocycles. The Kier molecular flexibility index (Phi) is 3.33.